The molecule has 72 valence electrons. The fourth-order valence-electron chi connectivity index (χ4n) is 0.583. The Labute approximate surface area is 76.0 Å². The number of halogens is 1. The van der Waals surface area contributed by atoms with Crippen molar-refractivity contribution < 1.29 is 19.8 Å². The largest absolute Gasteiger partial charge is 0.481 e. The van der Waals surface area contributed by atoms with Crippen LogP contribution in [0, 0.1) is 5.92 Å². The summed E-state index contributed by atoms with van der Waals surface area (Å²) in [6.07, 6.45) is -0.0370. The molecule has 0 unspecified atom stereocenters. The van der Waals surface area contributed by atoms with Gasteiger partial charge in [0.1, 0.15) is 6.04 Å². The first kappa shape index (κ1) is 13.8. The van der Waals surface area contributed by atoms with Crippen molar-refractivity contribution >= 4 is 24.3 Å². The van der Waals surface area contributed by atoms with Crippen LogP contribution in [0.2, 0.25) is 0 Å². The molecule has 0 rings (SSSR count). The summed E-state index contributed by atoms with van der Waals surface area (Å²) >= 11 is 0. The van der Waals surface area contributed by atoms with Crippen molar-refractivity contribution in [2.45, 2.75) is 19.4 Å². The average molecular weight is 198 g/mol. The molecule has 0 aliphatic heterocycles. The van der Waals surface area contributed by atoms with Gasteiger partial charge < -0.3 is 15.9 Å². The van der Waals surface area contributed by atoms with Gasteiger partial charge in [-0.25, -0.2) is 0 Å². The zero-order valence-electron chi connectivity index (χ0n) is 6.56. The van der Waals surface area contributed by atoms with Gasteiger partial charge in [0, 0.05) is 0 Å². The van der Waals surface area contributed by atoms with Crippen molar-refractivity contribution in [1.29, 1.82) is 0 Å². The summed E-state index contributed by atoms with van der Waals surface area (Å²) in [5.41, 5.74) is 5.09. The molecule has 0 spiro atoms. The number of carboxylic acid groups (broad SMARTS) is 2. The third kappa shape index (κ3) is 4.92. The number of nitrogens with two attached hydrogens (primary N) is 1. The van der Waals surface area contributed by atoms with E-state index in [1.54, 1.807) is 0 Å². The van der Waals surface area contributed by atoms with E-state index in [0.29, 0.717) is 0 Å². The molecule has 0 amide bonds. The van der Waals surface area contributed by atoms with Crippen LogP contribution >= 0.6 is 12.4 Å². The van der Waals surface area contributed by atoms with Crippen LogP contribution in [0.1, 0.15) is 13.3 Å². The van der Waals surface area contributed by atoms with Crippen LogP contribution in [0.15, 0.2) is 0 Å². The zero-order valence-corrected chi connectivity index (χ0v) is 7.37. The van der Waals surface area contributed by atoms with Gasteiger partial charge in [-0.1, -0.05) is 6.92 Å². The quantitative estimate of drug-likeness (QED) is 0.586. The molecule has 0 aromatic carbocycles. The SMILES string of the molecule is C[C@H](C[C@@H](N)C(=O)O)C(=O)O.Cl. The van der Waals surface area contributed by atoms with Gasteiger partial charge in [-0.05, 0) is 6.42 Å². The highest BCUT2D eigenvalue weighted by Crippen LogP contribution is 2.04. The molecular formula is C6H12ClNO4. The van der Waals surface area contributed by atoms with E-state index in [0.717, 1.165) is 0 Å². The summed E-state index contributed by atoms with van der Waals surface area (Å²) in [7, 11) is 0. The molecule has 0 aliphatic rings. The number of hydrogen-bond acceptors (Lipinski definition) is 3. The summed E-state index contributed by atoms with van der Waals surface area (Å²) in [5, 5.41) is 16.7. The first-order valence-electron chi connectivity index (χ1n) is 3.16. The number of aliphatic carboxylic acids is 2. The minimum absolute atomic E-state index is 0. The maximum atomic E-state index is 10.2. The molecule has 0 aromatic rings. The molecule has 0 heterocycles. The highest BCUT2D eigenvalue weighted by atomic mass is 35.5. The normalized spacial score (nSPS) is 14.2. The lowest BCUT2D eigenvalue weighted by atomic mass is 10.0. The maximum Gasteiger partial charge on any atom is 0.320 e. The smallest absolute Gasteiger partial charge is 0.320 e. The Morgan fingerprint density at radius 1 is 1.33 bits per heavy atom. The van der Waals surface area contributed by atoms with Gasteiger partial charge in [0.05, 0.1) is 5.92 Å². The number of carboxylic acids is 2. The second-order valence-electron chi connectivity index (χ2n) is 2.42. The van der Waals surface area contributed by atoms with Crippen molar-refractivity contribution in [1.82, 2.24) is 0 Å². The van der Waals surface area contributed by atoms with Gasteiger partial charge in [-0.2, -0.15) is 0 Å². The summed E-state index contributed by atoms with van der Waals surface area (Å²) in [4.78, 5) is 20.3. The van der Waals surface area contributed by atoms with Crippen molar-refractivity contribution in [3.8, 4) is 0 Å². The second-order valence-corrected chi connectivity index (χ2v) is 2.42. The number of carbonyl (C=O) groups is 2. The third-order valence-electron chi connectivity index (χ3n) is 1.35. The molecule has 0 fully saturated rings. The van der Waals surface area contributed by atoms with Crippen LogP contribution < -0.4 is 5.73 Å². The first-order chi connectivity index (χ1) is 4.95. The summed E-state index contributed by atoms with van der Waals surface area (Å²) in [6.45, 7) is 1.42. The van der Waals surface area contributed by atoms with Crippen LogP contribution in [0.4, 0.5) is 0 Å². The van der Waals surface area contributed by atoms with Crippen molar-refractivity contribution in [2.24, 2.45) is 11.7 Å². The van der Waals surface area contributed by atoms with E-state index < -0.39 is 23.9 Å². The summed E-state index contributed by atoms with van der Waals surface area (Å²) < 4.78 is 0. The molecule has 0 radical (unpaired) electrons. The van der Waals surface area contributed by atoms with Gasteiger partial charge in [-0.3, -0.25) is 9.59 Å². The molecule has 5 nitrogen and oxygen atoms in total. The summed E-state index contributed by atoms with van der Waals surface area (Å²) in [6, 6.07) is -1.08. The number of hydrogen-bond donors (Lipinski definition) is 3. The lowest BCUT2D eigenvalue weighted by molar-refractivity contribution is -0.143. The Hall–Kier alpha value is -0.810. The minimum Gasteiger partial charge on any atom is -0.481 e. The lowest BCUT2D eigenvalue weighted by Crippen LogP contribution is -2.33. The molecule has 0 saturated carbocycles. The predicted octanol–water partition coefficient (Wildman–Crippen LogP) is -0.0691. The predicted molar refractivity (Wildman–Crippen MR) is 44.3 cm³/mol. The molecule has 12 heavy (non-hydrogen) atoms. The fraction of sp³-hybridized carbons (Fsp3) is 0.667. The van der Waals surface area contributed by atoms with E-state index in [-0.39, 0.29) is 18.8 Å². The number of rotatable bonds is 4. The van der Waals surface area contributed by atoms with E-state index in [4.69, 9.17) is 15.9 Å². The van der Waals surface area contributed by atoms with E-state index in [1.165, 1.54) is 6.92 Å². The highest BCUT2D eigenvalue weighted by Gasteiger charge is 2.19. The van der Waals surface area contributed by atoms with Crippen molar-refractivity contribution in [3.05, 3.63) is 0 Å². The molecular weight excluding hydrogens is 186 g/mol. The summed E-state index contributed by atoms with van der Waals surface area (Å²) in [5.74, 6) is -2.90. The molecule has 6 heteroatoms. The van der Waals surface area contributed by atoms with Gasteiger partial charge >= 0.3 is 11.9 Å². The van der Waals surface area contributed by atoms with Gasteiger partial charge in [-0.15, -0.1) is 12.4 Å². The van der Waals surface area contributed by atoms with Crippen LogP contribution in [0.5, 0.6) is 0 Å². The van der Waals surface area contributed by atoms with Crippen LogP contribution in [0.3, 0.4) is 0 Å². The van der Waals surface area contributed by atoms with E-state index in [1.807, 2.05) is 0 Å². The maximum absolute atomic E-state index is 10.2. The van der Waals surface area contributed by atoms with Crippen molar-refractivity contribution in [3.63, 3.8) is 0 Å². The van der Waals surface area contributed by atoms with Crippen molar-refractivity contribution in [2.75, 3.05) is 0 Å². The van der Waals surface area contributed by atoms with Crippen LogP contribution in [-0.4, -0.2) is 28.2 Å². The average Bonchev–Trinajstić information content (AvgIpc) is 1.87. The second kappa shape index (κ2) is 5.79. The van der Waals surface area contributed by atoms with Gasteiger partial charge in [0.15, 0.2) is 0 Å². The Bertz CT molecular complexity index is 155. The lowest BCUT2D eigenvalue weighted by Gasteiger charge is -2.08. The molecule has 0 bridgehead atoms. The van der Waals surface area contributed by atoms with Gasteiger partial charge in [0.25, 0.3) is 0 Å². The molecule has 2 atom stereocenters. The van der Waals surface area contributed by atoms with E-state index in [2.05, 4.69) is 0 Å². The molecule has 0 aromatic heterocycles. The zero-order chi connectivity index (χ0) is 9.02. The monoisotopic (exact) mass is 197 g/mol. The standard InChI is InChI=1S/C6H11NO4.ClH/c1-3(5(8)9)2-4(7)6(10)11;/h3-4H,2,7H2,1H3,(H,8,9)(H,10,11);1H/t3-,4-;/m1./s1. The van der Waals surface area contributed by atoms with Gasteiger partial charge in [0.2, 0.25) is 0 Å². The Morgan fingerprint density at radius 3 is 2.00 bits per heavy atom. The van der Waals surface area contributed by atoms with E-state index in [9.17, 15) is 9.59 Å². The van der Waals surface area contributed by atoms with Crippen LogP contribution in [0.25, 0.3) is 0 Å². The highest BCUT2D eigenvalue weighted by molar-refractivity contribution is 5.85. The van der Waals surface area contributed by atoms with E-state index >= 15 is 0 Å². The fourth-order valence-corrected chi connectivity index (χ4v) is 0.583. The molecule has 0 saturated heterocycles. The Morgan fingerprint density at radius 2 is 1.75 bits per heavy atom. The Kier molecular flexibility index (Phi) is 6.64. The Balaban J connectivity index is 0. The molecule has 0 aliphatic carbocycles. The minimum atomic E-state index is -1.17. The topological polar surface area (TPSA) is 101 Å². The first-order valence-corrected chi connectivity index (χ1v) is 3.16. The van der Waals surface area contributed by atoms with Crippen LogP contribution in [-0.2, 0) is 9.59 Å². The third-order valence-corrected chi connectivity index (χ3v) is 1.35. The molecule has 4 N–H and O–H groups in total.